The molecular weight excluding hydrogens is 328 g/mol. The van der Waals surface area contributed by atoms with Crippen molar-refractivity contribution >= 4 is 29.4 Å². The molecule has 0 aromatic heterocycles. The number of ether oxygens (including phenoxy) is 1. The van der Waals surface area contributed by atoms with Gasteiger partial charge in [-0.3, -0.25) is 19.7 Å². The van der Waals surface area contributed by atoms with Crippen LogP contribution in [0.4, 0.5) is 11.4 Å². The van der Waals surface area contributed by atoms with E-state index in [0.717, 1.165) is 0 Å². The number of carbonyl (C=O) groups excluding carboxylic acids is 2. The average Bonchev–Trinajstić information content (AvgIpc) is 2.62. The van der Waals surface area contributed by atoms with Crippen molar-refractivity contribution < 1.29 is 19.2 Å². The summed E-state index contributed by atoms with van der Waals surface area (Å²) >= 11 is 0. The number of anilines is 1. The molecule has 0 fully saturated rings. The molecule has 9 nitrogen and oxygen atoms in total. The molecule has 0 heterocycles. The summed E-state index contributed by atoms with van der Waals surface area (Å²) in [7, 11) is 1.53. The monoisotopic (exact) mass is 342 g/mol. The number of amides is 2. The summed E-state index contributed by atoms with van der Waals surface area (Å²) in [4.78, 5) is 33.4. The van der Waals surface area contributed by atoms with Crippen LogP contribution in [0.25, 0.3) is 0 Å². The Morgan fingerprint density at radius 2 is 1.88 bits per heavy atom. The van der Waals surface area contributed by atoms with E-state index in [4.69, 9.17) is 4.74 Å². The minimum Gasteiger partial charge on any atom is -0.497 e. The van der Waals surface area contributed by atoms with Gasteiger partial charge >= 0.3 is 11.8 Å². The van der Waals surface area contributed by atoms with Crippen molar-refractivity contribution in [2.24, 2.45) is 5.10 Å². The van der Waals surface area contributed by atoms with E-state index >= 15 is 0 Å². The number of methoxy groups -OCH3 is 1. The van der Waals surface area contributed by atoms with Crippen LogP contribution in [0.2, 0.25) is 0 Å². The van der Waals surface area contributed by atoms with Crippen LogP contribution in [-0.4, -0.2) is 30.1 Å². The minimum atomic E-state index is -0.975. The van der Waals surface area contributed by atoms with Crippen LogP contribution < -0.4 is 15.5 Å². The molecule has 9 heteroatoms. The highest BCUT2D eigenvalue weighted by molar-refractivity contribution is 6.39. The third kappa shape index (κ3) is 5.13. The van der Waals surface area contributed by atoms with Gasteiger partial charge in [-0.15, -0.1) is 0 Å². The molecule has 0 aliphatic carbocycles. The first kappa shape index (κ1) is 17.6. The second-order valence-corrected chi connectivity index (χ2v) is 4.73. The summed E-state index contributed by atoms with van der Waals surface area (Å²) in [6, 6.07) is 12.0. The summed E-state index contributed by atoms with van der Waals surface area (Å²) in [5, 5.41) is 16.5. The van der Waals surface area contributed by atoms with Crippen molar-refractivity contribution in [3.8, 4) is 5.75 Å². The van der Waals surface area contributed by atoms with Crippen LogP contribution >= 0.6 is 0 Å². The molecular formula is C16H14N4O5. The van der Waals surface area contributed by atoms with Crippen LogP contribution in [0, 0.1) is 10.1 Å². The summed E-state index contributed by atoms with van der Waals surface area (Å²) in [6.45, 7) is 0. The summed E-state index contributed by atoms with van der Waals surface area (Å²) in [6.07, 6.45) is 1.36. The number of hydrazone groups is 1. The fourth-order valence-corrected chi connectivity index (χ4v) is 1.79. The van der Waals surface area contributed by atoms with Gasteiger partial charge in [0.2, 0.25) is 0 Å². The maximum absolute atomic E-state index is 11.7. The van der Waals surface area contributed by atoms with Crippen LogP contribution in [0.5, 0.6) is 5.75 Å². The lowest BCUT2D eigenvalue weighted by Gasteiger charge is -2.03. The van der Waals surface area contributed by atoms with Gasteiger partial charge in [0.25, 0.3) is 5.69 Å². The Kier molecular flexibility index (Phi) is 5.77. The number of nitrogens with zero attached hydrogens (tertiary/aromatic N) is 2. The molecule has 0 radical (unpaired) electrons. The zero-order chi connectivity index (χ0) is 18.2. The van der Waals surface area contributed by atoms with Crippen molar-refractivity contribution in [1.82, 2.24) is 5.43 Å². The highest BCUT2D eigenvalue weighted by Gasteiger charge is 2.13. The number of nitrogens with one attached hydrogen (secondary N) is 2. The molecule has 0 saturated heterocycles. The molecule has 2 aromatic carbocycles. The van der Waals surface area contributed by atoms with Crippen molar-refractivity contribution in [2.45, 2.75) is 0 Å². The summed E-state index contributed by atoms with van der Waals surface area (Å²) < 4.78 is 5.05. The first-order valence-corrected chi connectivity index (χ1v) is 7.02. The number of non-ortho nitro benzene ring substituents is 1. The SMILES string of the molecule is COc1cccc(/C=N\NC(=O)C(=O)Nc2ccc([N+](=O)[O-])cc2)c1. The van der Waals surface area contributed by atoms with E-state index in [2.05, 4.69) is 15.8 Å². The summed E-state index contributed by atoms with van der Waals surface area (Å²) in [5.41, 5.74) is 2.90. The highest BCUT2D eigenvalue weighted by atomic mass is 16.6. The molecule has 0 atom stereocenters. The molecule has 2 N–H and O–H groups in total. The second kappa shape index (κ2) is 8.20. The van der Waals surface area contributed by atoms with Crippen molar-refractivity contribution in [3.63, 3.8) is 0 Å². The third-order valence-electron chi connectivity index (χ3n) is 3.02. The van der Waals surface area contributed by atoms with Crippen LogP contribution in [0.3, 0.4) is 0 Å². The first-order chi connectivity index (χ1) is 12.0. The minimum absolute atomic E-state index is 0.120. The molecule has 25 heavy (non-hydrogen) atoms. The molecule has 0 unspecified atom stereocenters. The van der Waals surface area contributed by atoms with E-state index < -0.39 is 16.7 Å². The topological polar surface area (TPSA) is 123 Å². The number of carbonyl (C=O) groups is 2. The number of hydrogen-bond donors (Lipinski definition) is 2. The molecule has 2 amide bonds. The van der Waals surface area contributed by atoms with E-state index in [-0.39, 0.29) is 11.4 Å². The van der Waals surface area contributed by atoms with Gasteiger partial charge in [0, 0.05) is 17.8 Å². The Bertz CT molecular complexity index is 818. The molecule has 2 rings (SSSR count). The maximum Gasteiger partial charge on any atom is 0.329 e. The van der Waals surface area contributed by atoms with Gasteiger partial charge in [0.1, 0.15) is 5.75 Å². The molecule has 0 spiro atoms. The molecule has 0 aliphatic rings. The lowest BCUT2D eigenvalue weighted by molar-refractivity contribution is -0.384. The normalized spacial score (nSPS) is 10.3. The van der Waals surface area contributed by atoms with Gasteiger partial charge in [0.15, 0.2) is 0 Å². The lowest BCUT2D eigenvalue weighted by Crippen LogP contribution is -2.32. The Hall–Kier alpha value is -3.75. The Labute approximate surface area is 142 Å². The van der Waals surface area contributed by atoms with E-state index in [1.807, 2.05) is 0 Å². The molecule has 0 aliphatic heterocycles. The van der Waals surface area contributed by atoms with Gasteiger partial charge in [-0.25, -0.2) is 5.43 Å². The number of rotatable bonds is 5. The van der Waals surface area contributed by atoms with E-state index in [0.29, 0.717) is 11.3 Å². The maximum atomic E-state index is 11.7. The van der Waals surface area contributed by atoms with Gasteiger partial charge in [-0.2, -0.15) is 5.10 Å². The molecule has 128 valence electrons. The van der Waals surface area contributed by atoms with Crippen LogP contribution in [0.1, 0.15) is 5.56 Å². The number of nitro benzene ring substituents is 1. The van der Waals surface area contributed by atoms with Crippen molar-refractivity contribution in [2.75, 3.05) is 12.4 Å². The number of benzene rings is 2. The van der Waals surface area contributed by atoms with Crippen molar-refractivity contribution in [3.05, 3.63) is 64.2 Å². The summed E-state index contributed by atoms with van der Waals surface area (Å²) in [5.74, 6) is -1.29. The third-order valence-corrected chi connectivity index (χ3v) is 3.02. The average molecular weight is 342 g/mol. The van der Waals surface area contributed by atoms with Crippen LogP contribution in [-0.2, 0) is 9.59 Å². The largest absolute Gasteiger partial charge is 0.497 e. The van der Waals surface area contributed by atoms with Gasteiger partial charge in [0.05, 0.1) is 18.2 Å². The fourth-order valence-electron chi connectivity index (χ4n) is 1.79. The van der Waals surface area contributed by atoms with E-state index in [1.165, 1.54) is 37.6 Å². The van der Waals surface area contributed by atoms with E-state index in [9.17, 15) is 19.7 Å². The van der Waals surface area contributed by atoms with E-state index in [1.54, 1.807) is 24.3 Å². The Morgan fingerprint density at radius 3 is 2.52 bits per heavy atom. The zero-order valence-electron chi connectivity index (χ0n) is 13.1. The smallest absolute Gasteiger partial charge is 0.329 e. The predicted molar refractivity (Wildman–Crippen MR) is 90.5 cm³/mol. The zero-order valence-corrected chi connectivity index (χ0v) is 13.1. The fraction of sp³-hybridized carbons (Fsp3) is 0.0625. The Morgan fingerprint density at radius 1 is 1.16 bits per heavy atom. The predicted octanol–water partition coefficient (Wildman–Crippen LogP) is 1.69. The highest BCUT2D eigenvalue weighted by Crippen LogP contribution is 2.15. The molecule has 0 bridgehead atoms. The first-order valence-electron chi connectivity index (χ1n) is 7.02. The van der Waals surface area contributed by atoms with Gasteiger partial charge in [-0.05, 0) is 29.8 Å². The number of hydrogen-bond acceptors (Lipinski definition) is 6. The number of nitro groups is 1. The van der Waals surface area contributed by atoms with Crippen LogP contribution in [0.15, 0.2) is 53.6 Å². The second-order valence-electron chi connectivity index (χ2n) is 4.73. The molecule has 0 saturated carbocycles. The van der Waals surface area contributed by atoms with Gasteiger partial charge < -0.3 is 10.1 Å². The quantitative estimate of drug-likeness (QED) is 0.370. The van der Waals surface area contributed by atoms with Gasteiger partial charge in [-0.1, -0.05) is 12.1 Å². The van der Waals surface area contributed by atoms with Crippen molar-refractivity contribution in [1.29, 1.82) is 0 Å². The standard InChI is InChI=1S/C16H14N4O5/c1-25-14-4-2-3-11(9-14)10-17-19-16(22)15(21)18-12-5-7-13(8-6-12)20(23)24/h2-10H,1H3,(H,18,21)(H,19,22)/b17-10-. The Balaban J connectivity index is 1.90. The molecule has 2 aromatic rings. The lowest BCUT2D eigenvalue weighted by atomic mass is 10.2.